The molecule has 1 aliphatic rings. The Morgan fingerprint density at radius 3 is 2.06 bits per heavy atom. The second-order valence-corrected chi connectivity index (χ2v) is 19.1. The van der Waals surface area contributed by atoms with Gasteiger partial charge in [0.15, 0.2) is 0 Å². The lowest BCUT2D eigenvalue weighted by atomic mass is 9.95. The molecule has 0 saturated carbocycles. The molecule has 1 aliphatic heterocycles. The van der Waals surface area contributed by atoms with E-state index < -0.39 is 6.72 Å². The number of nitrogens with zero attached hydrogens (tertiary/aromatic N) is 4. The minimum Gasteiger partial charge on any atom is -0.379 e. The molecular weight excluding hydrogens is 908 g/mol. The first-order valence-corrected chi connectivity index (χ1v) is 26.2. The quantitative estimate of drug-likeness (QED) is 0.0218. The second kappa shape index (κ2) is 31.4. The van der Waals surface area contributed by atoms with Gasteiger partial charge >= 0.3 is 6.72 Å². The number of benzene rings is 2. The van der Waals surface area contributed by atoms with Crippen LogP contribution in [0.3, 0.4) is 0 Å². The number of carbonyl (C=O) groups is 4. The molecule has 1 atom stereocenters. The molecule has 0 spiro atoms. The minimum absolute atomic E-state index is 0.0148. The van der Waals surface area contributed by atoms with Crippen molar-refractivity contribution in [3.05, 3.63) is 54.1 Å². The van der Waals surface area contributed by atoms with Gasteiger partial charge in [0.05, 0.1) is 83.3 Å². The lowest BCUT2D eigenvalue weighted by Crippen LogP contribution is -2.34. The van der Waals surface area contributed by atoms with Gasteiger partial charge in [-0.15, -0.1) is 5.10 Å². The molecule has 3 amide bonds. The number of hydrogen-bond donors (Lipinski definition) is 4. The summed E-state index contributed by atoms with van der Waals surface area (Å²) in [5, 5.41) is 15.1. The Hall–Kier alpha value is -3.62. The molecule has 366 valence electrons. The summed E-state index contributed by atoms with van der Waals surface area (Å²) in [7, 11) is 0. The number of aromatic nitrogens is 3. The fraction of sp³-hybridized carbons (Fsp3) is 0.609. The van der Waals surface area contributed by atoms with E-state index in [1.807, 2.05) is 67.1 Å². The number of amides is 3. The van der Waals surface area contributed by atoms with Crippen molar-refractivity contribution in [2.45, 2.75) is 97.6 Å². The van der Waals surface area contributed by atoms with Gasteiger partial charge in [0.25, 0.3) is 0 Å². The number of thiol groups is 1. The smallest absolute Gasteiger partial charge is 0.325 e. The molecule has 0 saturated heterocycles. The fourth-order valence-electron chi connectivity index (χ4n) is 7.03. The van der Waals surface area contributed by atoms with Crippen molar-refractivity contribution in [1.29, 1.82) is 0 Å². The number of carbonyl (C=O) groups excluding carboxylic acids is 4. The van der Waals surface area contributed by atoms with E-state index in [0.717, 1.165) is 67.3 Å². The fourth-order valence-corrected chi connectivity index (χ4v) is 8.70. The number of aryl methyl sites for hydroxylation is 1. The Morgan fingerprint density at radius 1 is 0.712 bits per heavy atom. The third-order valence-electron chi connectivity index (χ3n) is 10.6. The van der Waals surface area contributed by atoms with Crippen molar-refractivity contribution >= 4 is 60.3 Å². The number of Topliss-reactive ketones (excluding diaryl/α,β-unsaturated/α-hetero) is 1. The van der Waals surface area contributed by atoms with Crippen LogP contribution in [-0.2, 0) is 72.1 Å². The molecule has 4 rings (SSSR count). The molecule has 2 heterocycles. The molecule has 17 nitrogen and oxygen atoms in total. The van der Waals surface area contributed by atoms with Crippen molar-refractivity contribution in [2.75, 3.05) is 83.4 Å². The van der Waals surface area contributed by atoms with E-state index in [4.69, 9.17) is 39.8 Å². The summed E-state index contributed by atoms with van der Waals surface area (Å²) in [5.74, 6) is -0.149. The molecule has 66 heavy (non-hydrogen) atoms. The molecule has 2 aromatic carbocycles. The highest BCUT2D eigenvalue weighted by atomic mass is 32.5. The highest BCUT2D eigenvalue weighted by Crippen LogP contribution is 2.44. The van der Waals surface area contributed by atoms with Crippen LogP contribution < -0.4 is 15.5 Å². The van der Waals surface area contributed by atoms with Crippen molar-refractivity contribution in [3.63, 3.8) is 0 Å². The van der Waals surface area contributed by atoms with Gasteiger partial charge in [0, 0.05) is 62.4 Å². The summed E-state index contributed by atoms with van der Waals surface area (Å²) in [4.78, 5) is 62.3. The van der Waals surface area contributed by atoms with Crippen LogP contribution in [-0.4, -0.2) is 122 Å². The highest BCUT2D eigenvalue weighted by Gasteiger charge is 2.29. The maximum Gasteiger partial charge on any atom is 0.325 e. The molecule has 20 heteroatoms. The SMILES string of the molecule is CC(C)C(=O)CCOCCOCCOCCOCCNC(=O)CCC(=O)N1Cc2ccccc2-c2c(nnn2CCCCCC(=O)NCCCCCCOP(O)(=S)OCS)-c2ccccc21. The van der Waals surface area contributed by atoms with Crippen molar-refractivity contribution in [2.24, 2.45) is 5.92 Å². The van der Waals surface area contributed by atoms with Gasteiger partial charge in [-0.25, -0.2) is 4.68 Å². The third kappa shape index (κ3) is 20.3. The predicted molar refractivity (Wildman–Crippen MR) is 259 cm³/mol. The Bertz CT molecular complexity index is 1990. The number of unbranched alkanes of at least 4 members (excludes halogenated alkanes) is 5. The second-order valence-electron chi connectivity index (χ2n) is 16.0. The highest BCUT2D eigenvalue weighted by molar-refractivity contribution is 8.07. The van der Waals surface area contributed by atoms with Crippen molar-refractivity contribution < 1.29 is 52.1 Å². The van der Waals surface area contributed by atoms with Gasteiger partial charge in [-0.1, -0.05) is 80.8 Å². The third-order valence-corrected chi connectivity index (χ3v) is 12.5. The van der Waals surface area contributed by atoms with Crippen LogP contribution >= 0.6 is 19.3 Å². The van der Waals surface area contributed by atoms with Gasteiger partial charge in [-0.3, -0.25) is 23.7 Å². The molecule has 0 radical (unpaired) electrons. The Morgan fingerprint density at radius 2 is 1.33 bits per heavy atom. The summed E-state index contributed by atoms with van der Waals surface area (Å²) >= 11 is 8.75. The lowest BCUT2D eigenvalue weighted by Gasteiger charge is -2.28. The zero-order chi connectivity index (χ0) is 47.4. The topological polar surface area (TPSA) is 202 Å². The monoisotopic (exact) mass is 976 g/mol. The van der Waals surface area contributed by atoms with Crippen LogP contribution in [0.15, 0.2) is 48.5 Å². The van der Waals surface area contributed by atoms with Crippen LogP contribution in [0.1, 0.15) is 90.0 Å². The van der Waals surface area contributed by atoms with Crippen molar-refractivity contribution in [1.82, 2.24) is 25.6 Å². The Kier molecular flexibility index (Phi) is 26.2. The van der Waals surface area contributed by atoms with Crippen LogP contribution in [0.4, 0.5) is 5.69 Å². The largest absolute Gasteiger partial charge is 0.379 e. The molecule has 0 bridgehead atoms. The number of hydrogen-bond acceptors (Lipinski definition) is 14. The maximum absolute atomic E-state index is 13.9. The number of para-hydroxylation sites is 1. The van der Waals surface area contributed by atoms with E-state index in [1.165, 1.54) is 0 Å². The van der Waals surface area contributed by atoms with E-state index in [-0.39, 0.29) is 48.2 Å². The van der Waals surface area contributed by atoms with Crippen molar-refractivity contribution in [3.8, 4) is 22.5 Å². The Balaban J connectivity index is 1.14. The molecule has 3 aromatic rings. The standard InChI is InChI=1S/C46H69N6O11PS2/c1-36(2)41(53)21-26-58-28-30-60-32-33-61-31-29-59-27-23-48-43(55)19-20-44(56)51-34-37-14-7-8-15-38(37)46-45(39-16-9-10-17-40(39)51)49-50-52(46)24-12-5-6-18-42(54)47-22-11-3-4-13-25-62-64(57,66)63-35-65/h7-10,14-17,36,65H,3-6,11-13,18-35H2,1-2H3,(H,47,54)(H,48,55)(H,57,66). The van der Waals surface area contributed by atoms with E-state index in [2.05, 4.69) is 33.6 Å². The van der Waals surface area contributed by atoms with E-state index in [0.29, 0.717) is 110 Å². The molecular formula is C46H69N6O11PS2. The van der Waals surface area contributed by atoms with Gasteiger partial charge in [-0.2, -0.15) is 12.6 Å². The van der Waals surface area contributed by atoms with Crippen LogP contribution in [0.25, 0.3) is 22.5 Å². The van der Waals surface area contributed by atoms with E-state index in [1.54, 1.807) is 4.90 Å². The summed E-state index contributed by atoms with van der Waals surface area (Å²) in [5.41, 5.74) is 4.93. The zero-order valence-electron chi connectivity index (χ0n) is 38.5. The molecule has 0 fully saturated rings. The number of ether oxygens (including phenoxy) is 4. The summed E-state index contributed by atoms with van der Waals surface area (Å²) in [6, 6.07) is 15.6. The summed E-state index contributed by atoms with van der Waals surface area (Å²) in [6.45, 7) is 5.93. The number of fused-ring (bicyclic) bond motifs is 5. The van der Waals surface area contributed by atoms with Gasteiger partial charge < -0.3 is 43.9 Å². The Labute approximate surface area is 400 Å². The number of rotatable bonds is 35. The molecule has 0 aliphatic carbocycles. The molecule has 3 N–H and O–H groups in total. The summed E-state index contributed by atoms with van der Waals surface area (Å²) in [6.07, 6.45) is 6.73. The first-order chi connectivity index (χ1) is 32.0. The van der Waals surface area contributed by atoms with Gasteiger partial charge in [0.2, 0.25) is 17.7 Å². The maximum atomic E-state index is 13.9. The zero-order valence-corrected chi connectivity index (χ0v) is 41.1. The average molecular weight is 977 g/mol. The number of ketones is 1. The molecule has 1 aromatic heterocycles. The molecule has 1 unspecified atom stereocenters. The average Bonchev–Trinajstić information content (AvgIpc) is 3.71. The first-order valence-electron chi connectivity index (χ1n) is 23.0. The number of anilines is 1. The first kappa shape index (κ1) is 55.0. The predicted octanol–water partition coefficient (Wildman–Crippen LogP) is 6.41. The van der Waals surface area contributed by atoms with Gasteiger partial charge in [0.1, 0.15) is 11.5 Å². The van der Waals surface area contributed by atoms with Gasteiger partial charge in [-0.05, 0) is 49.1 Å². The lowest BCUT2D eigenvalue weighted by molar-refractivity contribution is -0.125. The van der Waals surface area contributed by atoms with Crippen LogP contribution in [0, 0.1) is 5.92 Å². The summed E-state index contributed by atoms with van der Waals surface area (Å²) < 4.78 is 34.0. The van der Waals surface area contributed by atoms with Crippen LogP contribution in [0.5, 0.6) is 0 Å². The van der Waals surface area contributed by atoms with E-state index in [9.17, 15) is 24.1 Å². The normalized spacial score (nSPS) is 13.0. The van der Waals surface area contributed by atoms with Crippen LogP contribution in [0.2, 0.25) is 0 Å². The van der Waals surface area contributed by atoms with E-state index >= 15 is 0 Å². The minimum atomic E-state index is -3.19. The number of nitrogens with one attached hydrogen (secondary N) is 2.